The second kappa shape index (κ2) is 7.56. The largest absolute Gasteiger partial charge is 0.468 e. The summed E-state index contributed by atoms with van der Waals surface area (Å²) in [5.74, 6) is 0.0739. The molecule has 0 rings (SSSR count). The van der Waals surface area contributed by atoms with Crippen LogP contribution in [0.25, 0.3) is 0 Å². The van der Waals surface area contributed by atoms with Crippen molar-refractivity contribution in [2.24, 2.45) is 5.92 Å². The van der Waals surface area contributed by atoms with Crippen molar-refractivity contribution in [2.45, 2.75) is 32.7 Å². The van der Waals surface area contributed by atoms with Crippen LogP contribution < -0.4 is 5.32 Å². The van der Waals surface area contributed by atoms with E-state index in [0.717, 1.165) is 19.4 Å². The number of carbonyl (C=O) groups excluding carboxylic acids is 1. The zero-order chi connectivity index (χ0) is 11.0. The van der Waals surface area contributed by atoms with Crippen molar-refractivity contribution in [2.75, 3.05) is 13.7 Å². The van der Waals surface area contributed by atoms with Gasteiger partial charge in [0.25, 0.3) is 0 Å². The van der Waals surface area contributed by atoms with Crippen LogP contribution in [0, 0.1) is 5.92 Å². The molecule has 0 aromatic carbocycles. The maximum Gasteiger partial charge on any atom is 0.323 e. The first kappa shape index (κ1) is 13.2. The molecule has 1 unspecified atom stereocenters. The van der Waals surface area contributed by atoms with Crippen LogP contribution in [0.2, 0.25) is 0 Å². The molecule has 0 aromatic heterocycles. The lowest BCUT2D eigenvalue weighted by molar-refractivity contribution is -0.144. The van der Waals surface area contributed by atoms with E-state index < -0.39 is 0 Å². The van der Waals surface area contributed by atoms with Gasteiger partial charge in [0.15, 0.2) is 0 Å². The Balaban J connectivity index is 3.85. The summed E-state index contributed by atoms with van der Waals surface area (Å²) in [4.78, 5) is 11.3. The van der Waals surface area contributed by atoms with Gasteiger partial charge in [-0.15, -0.1) is 6.58 Å². The number of unbranched alkanes of at least 4 members (excludes halogenated alkanes) is 1. The first-order valence-electron chi connectivity index (χ1n) is 5.05. The number of rotatable bonds is 7. The number of hydrogen-bond acceptors (Lipinski definition) is 3. The Morgan fingerprint density at radius 3 is 2.64 bits per heavy atom. The van der Waals surface area contributed by atoms with Gasteiger partial charge in [-0.25, -0.2) is 0 Å². The maximum atomic E-state index is 11.3. The van der Waals surface area contributed by atoms with Crippen LogP contribution in [0.1, 0.15) is 26.7 Å². The van der Waals surface area contributed by atoms with E-state index in [1.54, 1.807) is 0 Å². The lowest BCUT2D eigenvalue weighted by Gasteiger charge is -2.19. The predicted molar refractivity (Wildman–Crippen MR) is 58.1 cm³/mol. The van der Waals surface area contributed by atoms with Gasteiger partial charge >= 0.3 is 5.97 Å². The average molecular weight is 199 g/mol. The number of esters is 1. The molecule has 0 fully saturated rings. The number of methoxy groups -OCH3 is 1. The Bertz CT molecular complexity index is 178. The van der Waals surface area contributed by atoms with Gasteiger partial charge in [0.05, 0.1) is 7.11 Å². The lowest BCUT2D eigenvalue weighted by atomic mass is 10.0. The fraction of sp³-hybridized carbons (Fsp3) is 0.727. The molecule has 0 saturated heterocycles. The lowest BCUT2D eigenvalue weighted by Crippen LogP contribution is -2.42. The van der Waals surface area contributed by atoms with Crippen molar-refractivity contribution < 1.29 is 9.53 Å². The minimum atomic E-state index is -0.190. The van der Waals surface area contributed by atoms with Crippen molar-refractivity contribution in [1.29, 1.82) is 0 Å². The molecule has 0 saturated carbocycles. The summed E-state index contributed by atoms with van der Waals surface area (Å²) in [5.41, 5.74) is 0. The molecular weight excluding hydrogens is 178 g/mol. The molecule has 0 aliphatic rings. The summed E-state index contributed by atoms with van der Waals surface area (Å²) in [6.45, 7) is 8.47. The van der Waals surface area contributed by atoms with Crippen LogP contribution in [0.4, 0.5) is 0 Å². The van der Waals surface area contributed by atoms with Crippen LogP contribution in [0.15, 0.2) is 12.7 Å². The van der Waals surface area contributed by atoms with Crippen LogP contribution >= 0.6 is 0 Å². The minimum Gasteiger partial charge on any atom is -0.468 e. The van der Waals surface area contributed by atoms with Gasteiger partial charge in [-0.1, -0.05) is 19.9 Å². The molecule has 0 spiro atoms. The highest BCUT2D eigenvalue weighted by molar-refractivity contribution is 5.75. The van der Waals surface area contributed by atoms with Gasteiger partial charge in [-0.2, -0.15) is 0 Å². The monoisotopic (exact) mass is 199 g/mol. The van der Waals surface area contributed by atoms with E-state index in [-0.39, 0.29) is 17.9 Å². The quantitative estimate of drug-likeness (QED) is 0.385. The average Bonchev–Trinajstić information content (AvgIpc) is 2.16. The Morgan fingerprint density at radius 2 is 2.21 bits per heavy atom. The molecule has 0 radical (unpaired) electrons. The van der Waals surface area contributed by atoms with Crippen LogP contribution in [-0.4, -0.2) is 25.7 Å². The topological polar surface area (TPSA) is 38.3 Å². The van der Waals surface area contributed by atoms with E-state index in [2.05, 4.69) is 11.9 Å². The van der Waals surface area contributed by atoms with Crippen molar-refractivity contribution >= 4 is 5.97 Å². The van der Waals surface area contributed by atoms with Gasteiger partial charge in [-0.3, -0.25) is 4.79 Å². The van der Waals surface area contributed by atoms with Crippen molar-refractivity contribution in [3.05, 3.63) is 12.7 Å². The van der Waals surface area contributed by atoms with Crippen LogP contribution in [0.5, 0.6) is 0 Å². The van der Waals surface area contributed by atoms with Crippen molar-refractivity contribution in [3.8, 4) is 0 Å². The standard InChI is InChI=1S/C11H21NO2/c1-5-6-7-8-12-10(9(2)3)11(13)14-4/h5,9-10,12H,1,6-8H2,2-4H3. The third-order valence-electron chi connectivity index (χ3n) is 2.07. The second-order valence-electron chi connectivity index (χ2n) is 3.63. The van der Waals surface area contributed by atoms with E-state index in [0.29, 0.717) is 0 Å². The summed E-state index contributed by atoms with van der Waals surface area (Å²) >= 11 is 0. The zero-order valence-corrected chi connectivity index (χ0v) is 9.38. The first-order valence-corrected chi connectivity index (χ1v) is 5.05. The van der Waals surface area contributed by atoms with Crippen molar-refractivity contribution in [1.82, 2.24) is 5.32 Å². The Hall–Kier alpha value is -0.830. The normalized spacial score (nSPS) is 12.6. The third-order valence-corrected chi connectivity index (χ3v) is 2.07. The second-order valence-corrected chi connectivity index (χ2v) is 3.63. The summed E-state index contributed by atoms with van der Waals surface area (Å²) in [5, 5.41) is 3.18. The van der Waals surface area contributed by atoms with Gasteiger partial charge in [0.1, 0.15) is 6.04 Å². The molecule has 14 heavy (non-hydrogen) atoms. The predicted octanol–water partition coefficient (Wildman–Crippen LogP) is 1.74. The fourth-order valence-corrected chi connectivity index (χ4v) is 1.22. The zero-order valence-electron chi connectivity index (χ0n) is 9.38. The Kier molecular flexibility index (Phi) is 7.11. The molecular formula is C11H21NO2. The highest BCUT2D eigenvalue weighted by atomic mass is 16.5. The van der Waals surface area contributed by atoms with Crippen molar-refractivity contribution in [3.63, 3.8) is 0 Å². The molecule has 0 aliphatic heterocycles. The molecule has 0 bridgehead atoms. The summed E-state index contributed by atoms with van der Waals surface area (Å²) < 4.78 is 4.71. The van der Waals surface area contributed by atoms with E-state index >= 15 is 0 Å². The number of nitrogens with one attached hydrogen (secondary N) is 1. The third kappa shape index (κ3) is 5.02. The van der Waals surface area contributed by atoms with Gasteiger partial charge in [0, 0.05) is 0 Å². The Labute approximate surface area is 86.5 Å². The van der Waals surface area contributed by atoms with E-state index in [1.807, 2.05) is 19.9 Å². The highest BCUT2D eigenvalue weighted by Crippen LogP contribution is 2.03. The molecule has 0 heterocycles. The van der Waals surface area contributed by atoms with Crippen LogP contribution in [-0.2, 0) is 9.53 Å². The molecule has 0 aliphatic carbocycles. The number of ether oxygens (including phenoxy) is 1. The number of hydrogen-bond donors (Lipinski definition) is 1. The summed E-state index contributed by atoms with van der Waals surface area (Å²) in [6.07, 6.45) is 3.85. The molecule has 0 aromatic rings. The molecule has 0 amide bonds. The number of carbonyl (C=O) groups is 1. The minimum absolute atomic E-state index is 0.182. The first-order chi connectivity index (χ1) is 6.63. The molecule has 1 N–H and O–H groups in total. The van der Waals surface area contributed by atoms with Gasteiger partial charge in [-0.05, 0) is 25.3 Å². The van der Waals surface area contributed by atoms with Gasteiger partial charge in [0.2, 0.25) is 0 Å². The van der Waals surface area contributed by atoms with E-state index in [4.69, 9.17) is 4.74 Å². The van der Waals surface area contributed by atoms with E-state index in [9.17, 15) is 4.79 Å². The molecule has 82 valence electrons. The number of allylic oxidation sites excluding steroid dienone is 1. The summed E-state index contributed by atoms with van der Waals surface area (Å²) in [7, 11) is 1.42. The van der Waals surface area contributed by atoms with Crippen LogP contribution in [0.3, 0.4) is 0 Å². The maximum absolute atomic E-state index is 11.3. The smallest absolute Gasteiger partial charge is 0.323 e. The van der Waals surface area contributed by atoms with E-state index in [1.165, 1.54) is 7.11 Å². The van der Waals surface area contributed by atoms with Gasteiger partial charge < -0.3 is 10.1 Å². The Morgan fingerprint density at radius 1 is 1.57 bits per heavy atom. The molecule has 3 heteroatoms. The molecule has 1 atom stereocenters. The SMILES string of the molecule is C=CCCCNC(C(=O)OC)C(C)C. The fourth-order valence-electron chi connectivity index (χ4n) is 1.22. The summed E-state index contributed by atoms with van der Waals surface area (Å²) in [6, 6.07) is -0.190. The molecule has 3 nitrogen and oxygen atoms in total. The highest BCUT2D eigenvalue weighted by Gasteiger charge is 2.21.